The van der Waals surface area contributed by atoms with E-state index < -0.39 is 15.9 Å². The summed E-state index contributed by atoms with van der Waals surface area (Å²) in [7, 11) is -3.75. The summed E-state index contributed by atoms with van der Waals surface area (Å²) < 4.78 is 27.4. The standard InChI is InChI=1S/C18H18Cl2N2O3S/c1-11(12-3-2-4-14(19)9-12)21-18(23)13-5-8-16(20)17(10-13)26(24,25)22-15-6-7-15/h2-5,8-11,15,22H,6-7H2,1H3,(H,21,23)/t11-/m1/s1. The molecule has 0 aromatic heterocycles. The van der Waals surface area contributed by atoms with Crippen molar-refractivity contribution in [2.24, 2.45) is 0 Å². The zero-order valence-electron chi connectivity index (χ0n) is 14.0. The number of amides is 1. The third-order valence-electron chi connectivity index (χ3n) is 4.08. The Bertz CT molecular complexity index is 943. The predicted octanol–water partition coefficient (Wildman–Crippen LogP) is 3.93. The largest absolute Gasteiger partial charge is 0.346 e. The minimum absolute atomic E-state index is 0.0450. The summed E-state index contributed by atoms with van der Waals surface area (Å²) in [5, 5.41) is 3.49. The minimum atomic E-state index is -3.75. The Morgan fingerprint density at radius 2 is 1.88 bits per heavy atom. The van der Waals surface area contributed by atoms with E-state index in [1.54, 1.807) is 18.2 Å². The topological polar surface area (TPSA) is 75.3 Å². The van der Waals surface area contributed by atoms with E-state index in [1.165, 1.54) is 18.2 Å². The van der Waals surface area contributed by atoms with Gasteiger partial charge in [-0.25, -0.2) is 13.1 Å². The van der Waals surface area contributed by atoms with Gasteiger partial charge in [0, 0.05) is 16.6 Å². The Kier molecular flexibility index (Phi) is 5.58. The van der Waals surface area contributed by atoms with Crippen molar-refractivity contribution >= 4 is 39.1 Å². The number of halogens is 2. The average molecular weight is 413 g/mol. The summed E-state index contributed by atoms with van der Waals surface area (Å²) >= 11 is 12.0. The van der Waals surface area contributed by atoms with Gasteiger partial charge in [-0.3, -0.25) is 4.79 Å². The molecule has 1 aliphatic carbocycles. The van der Waals surface area contributed by atoms with Crippen LogP contribution in [0.1, 0.15) is 41.7 Å². The average Bonchev–Trinajstić information content (AvgIpc) is 3.38. The Morgan fingerprint density at radius 3 is 2.54 bits per heavy atom. The molecule has 1 atom stereocenters. The van der Waals surface area contributed by atoms with Crippen LogP contribution in [-0.4, -0.2) is 20.4 Å². The van der Waals surface area contributed by atoms with E-state index >= 15 is 0 Å². The summed E-state index contributed by atoms with van der Waals surface area (Å²) in [6.45, 7) is 1.83. The SMILES string of the molecule is C[C@@H](NC(=O)c1ccc(Cl)c(S(=O)(=O)NC2CC2)c1)c1cccc(Cl)c1. The number of hydrogen-bond donors (Lipinski definition) is 2. The smallest absolute Gasteiger partial charge is 0.251 e. The number of carbonyl (C=O) groups excluding carboxylic acids is 1. The molecular formula is C18H18Cl2N2O3S. The van der Waals surface area contributed by atoms with Gasteiger partial charge in [-0.1, -0.05) is 35.3 Å². The summed E-state index contributed by atoms with van der Waals surface area (Å²) in [5.74, 6) is -0.392. The van der Waals surface area contributed by atoms with Crippen LogP contribution >= 0.6 is 23.2 Å². The molecule has 1 amide bonds. The highest BCUT2D eigenvalue weighted by Gasteiger charge is 2.29. The maximum Gasteiger partial charge on any atom is 0.251 e. The van der Waals surface area contributed by atoms with Gasteiger partial charge in [-0.05, 0) is 55.7 Å². The van der Waals surface area contributed by atoms with Crippen molar-refractivity contribution in [1.29, 1.82) is 0 Å². The molecule has 0 radical (unpaired) electrons. The molecule has 1 fully saturated rings. The highest BCUT2D eigenvalue weighted by atomic mass is 35.5. The second-order valence-electron chi connectivity index (χ2n) is 6.29. The van der Waals surface area contributed by atoms with Crippen LogP contribution in [0.5, 0.6) is 0 Å². The van der Waals surface area contributed by atoms with Crippen molar-refractivity contribution in [2.45, 2.75) is 36.7 Å². The molecule has 2 N–H and O–H groups in total. The molecule has 2 aromatic carbocycles. The minimum Gasteiger partial charge on any atom is -0.346 e. The first-order valence-corrected chi connectivity index (χ1v) is 10.4. The second kappa shape index (κ2) is 7.56. The van der Waals surface area contributed by atoms with Crippen LogP contribution < -0.4 is 10.0 Å². The van der Waals surface area contributed by atoms with Gasteiger partial charge in [0.1, 0.15) is 4.90 Å². The van der Waals surface area contributed by atoms with Crippen LogP contribution in [0.15, 0.2) is 47.4 Å². The fourth-order valence-corrected chi connectivity index (χ4v) is 4.50. The Hall–Kier alpha value is -1.60. The first kappa shape index (κ1) is 19.2. The highest BCUT2D eigenvalue weighted by molar-refractivity contribution is 7.89. The van der Waals surface area contributed by atoms with E-state index in [4.69, 9.17) is 23.2 Å². The van der Waals surface area contributed by atoms with Gasteiger partial charge in [0.2, 0.25) is 10.0 Å². The van der Waals surface area contributed by atoms with E-state index in [1.807, 2.05) is 13.0 Å². The predicted molar refractivity (Wildman–Crippen MR) is 102 cm³/mol. The summed E-state index contributed by atoms with van der Waals surface area (Å²) in [6.07, 6.45) is 1.63. The fourth-order valence-electron chi connectivity index (χ4n) is 2.47. The lowest BCUT2D eigenvalue weighted by atomic mass is 10.1. The Morgan fingerprint density at radius 1 is 1.15 bits per heavy atom. The van der Waals surface area contributed by atoms with Gasteiger partial charge in [0.05, 0.1) is 11.1 Å². The van der Waals surface area contributed by atoms with Gasteiger partial charge in [0.25, 0.3) is 5.91 Å². The normalized spacial score (nSPS) is 15.5. The molecule has 26 heavy (non-hydrogen) atoms. The number of rotatable bonds is 6. The molecule has 0 saturated heterocycles. The first-order valence-electron chi connectivity index (χ1n) is 8.14. The molecule has 1 aliphatic rings. The first-order chi connectivity index (χ1) is 12.3. The van der Waals surface area contributed by atoms with Gasteiger partial charge in [-0.15, -0.1) is 0 Å². The highest BCUT2D eigenvalue weighted by Crippen LogP contribution is 2.27. The summed E-state index contributed by atoms with van der Waals surface area (Å²) in [5.41, 5.74) is 1.07. The molecular weight excluding hydrogens is 395 g/mol. The van der Waals surface area contributed by atoms with Crippen molar-refractivity contribution in [3.8, 4) is 0 Å². The lowest BCUT2D eigenvalue weighted by Gasteiger charge is -2.15. The third-order valence-corrected chi connectivity index (χ3v) is 6.32. The number of benzene rings is 2. The molecule has 1 saturated carbocycles. The number of sulfonamides is 1. The summed E-state index contributed by atoms with van der Waals surface area (Å²) in [6, 6.07) is 11.1. The lowest BCUT2D eigenvalue weighted by Crippen LogP contribution is -2.28. The zero-order chi connectivity index (χ0) is 18.9. The van der Waals surface area contributed by atoms with Crippen LogP contribution in [0.2, 0.25) is 10.0 Å². The second-order valence-corrected chi connectivity index (χ2v) is 8.82. The van der Waals surface area contributed by atoms with Crippen LogP contribution in [0, 0.1) is 0 Å². The molecule has 0 bridgehead atoms. The quantitative estimate of drug-likeness (QED) is 0.754. The molecule has 0 spiro atoms. The molecule has 2 aromatic rings. The third kappa shape index (κ3) is 4.57. The van der Waals surface area contributed by atoms with Crippen LogP contribution in [0.4, 0.5) is 0 Å². The van der Waals surface area contributed by atoms with Crippen molar-refractivity contribution in [2.75, 3.05) is 0 Å². The van der Waals surface area contributed by atoms with Crippen LogP contribution in [-0.2, 0) is 10.0 Å². The van der Waals surface area contributed by atoms with Gasteiger partial charge in [0.15, 0.2) is 0 Å². The molecule has 138 valence electrons. The molecule has 5 nitrogen and oxygen atoms in total. The van der Waals surface area contributed by atoms with E-state index in [-0.39, 0.29) is 27.6 Å². The van der Waals surface area contributed by atoms with E-state index in [9.17, 15) is 13.2 Å². The van der Waals surface area contributed by atoms with Crippen molar-refractivity contribution in [1.82, 2.24) is 10.0 Å². The Labute approximate surface area is 162 Å². The van der Waals surface area contributed by atoms with E-state index in [0.29, 0.717) is 5.02 Å². The van der Waals surface area contributed by atoms with Gasteiger partial charge < -0.3 is 5.32 Å². The maximum absolute atomic E-state index is 12.5. The number of nitrogens with one attached hydrogen (secondary N) is 2. The van der Waals surface area contributed by atoms with Gasteiger partial charge in [-0.2, -0.15) is 0 Å². The van der Waals surface area contributed by atoms with Crippen LogP contribution in [0.25, 0.3) is 0 Å². The molecule has 0 aliphatic heterocycles. The summed E-state index contributed by atoms with van der Waals surface area (Å²) in [4.78, 5) is 12.4. The van der Waals surface area contributed by atoms with Crippen molar-refractivity contribution in [3.63, 3.8) is 0 Å². The van der Waals surface area contributed by atoms with Gasteiger partial charge >= 0.3 is 0 Å². The number of carbonyl (C=O) groups is 1. The molecule has 0 unspecified atom stereocenters. The van der Waals surface area contributed by atoms with Crippen molar-refractivity contribution in [3.05, 3.63) is 63.6 Å². The van der Waals surface area contributed by atoms with E-state index in [2.05, 4.69) is 10.0 Å². The maximum atomic E-state index is 12.5. The lowest BCUT2D eigenvalue weighted by molar-refractivity contribution is 0.0939. The Balaban J connectivity index is 1.80. The zero-order valence-corrected chi connectivity index (χ0v) is 16.3. The number of hydrogen-bond acceptors (Lipinski definition) is 3. The molecule has 8 heteroatoms. The molecule has 3 rings (SSSR count). The fraction of sp³-hybridized carbons (Fsp3) is 0.278. The van der Waals surface area contributed by atoms with Crippen LogP contribution in [0.3, 0.4) is 0 Å². The van der Waals surface area contributed by atoms with Crippen molar-refractivity contribution < 1.29 is 13.2 Å². The van der Waals surface area contributed by atoms with E-state index in [0.717, 1.165) is 18.4 Å². The monoisotopic (exact) mass is 412 g/mol. The molecule has 0 heterocycles.